The molecule has 0 aliphatic rings. The Balaban J connectivity index is 2.40. The number of nitro groups is 1. The molecule has 29 heavy (non-hydrogen) atoms. The molecule has 9 nitrogen and oxygen atoms in total. The second-order valence-electron chi connectivity index (χ2n) is 7.22. The van der Waals surface area contributed by atoms with Crippen molar-refractivity contribution in [2.45, 2.75) is 39.8 Å². The Kier molecular flexibility index (Phi) is 6.53. The Hall–Kier alpha value is -3.49. The predicted octanol–water partition coefficient (Wildman–Crippen LogP) is 2.80. The molecule has 1 heterocycles. The minimum absolute atomic E-state index is 0.0315. The number of pyridine rings is 1. The van der Waals surface area contributed by atoms with E-state index in [0.717, 1.165) is 6.07 Å². The highest BCUT2D eigenvalue weighted by Gasteiger charge is 2.23. The van der Waals surface area contributed by atoms with E-state index in [-0.39, 0.29) is 40.5 Å². The number of hydrogen-bond acceptors (Lipinski definition) is 5. The van der Waals surface area contributed by atoms with E-state index in [1.54, 1.807) is 4.90 Å². The molecule has 9 heteroatoms. The van der Waals surface area contributed by atoms with Crippen molar-refractivity contribution in [3.8, 4) is 0 Å². The lowest BCUT2D eigenvalue weighted by atomic mass is 10.1. The highest BCUT2D eigenvalue weighted by atomic mass is 16.6. The lowest BCUT2D eigenvalue weighted by molar-refractivity contribution is -0.384. The van der Waals surface area contributed by atoms with Gasteiger partial charge in [0, 0.05) is 43.0 Å². The van der Waals surface area contributed by atoms with Crippen LogP contribution >= 0.6 is 0 Å². The van der Waals surface area contributed by atoms with Crippen LogP contribution in [-0.2, 0) is 7.05 Å². The Labute approximate surface area is 168 Å². The number of nitro benzene ring substituents is 1. The molecule has 1 aromatic heterocycles. The second-order valence-corrected chi connectivity index (χ2v) is 7.22. The number of hydrogen-bond donors (Lipinski definition) is 1. The molecule has 0 unspecified atom stereocenters. The SMILES string of the molecule is CC(C)N(C(=O)c1cc(NC(=O)c2cccc([N+](=O)[O-])c2)c(=O)n(C)c1)C(C)C. The maximum absolute atomic E-state index is 12.9. The van der Waals surface area contributed by atoms with Gasteiger partial charge < -0.3 is 14.8 Å². The van der Waals surface area contributed by atoms with E-state index in [1.807, 2.05) is 27.7 Å². The maximum Gasteiger partial charge on any atom is 0.274 e. The molecule has 0 fully saturated rings. The first kappa shape index (κ1) is 21.8. The average Bonchev–Trinajstić information content (AvgIpc) is 2.64. The smallest absolute Gasteiger partial charge is 0.274 e. The number of anilines is 1. The van der Waals surface area contributed by atoms with Crippen LogP contribution in [0.1, 0.15) is 48.4 Å². The summed E-state index contributed by atoms with van der Waals surface area (Å²) in [6.07, 6.45) is 1.42. The van der Waals surface area contributed by atoms with Crippen LogP contribution in [-0.4, -0.2) is 38.3 Å². The number of nitrogens with zero attached hydrogens (tertiary/aromatic N) is 3. The number of aromatic nitrogens is 1. The normalized spacial score (nSPS) is 10.9. The summed E-state index contributed by atoms with van der Waals surface area (Å²) in [7, 11) is 1.48. The Morgan fingerprint density at radius 2 is 1.72 bits per heavy atom. The minimum atomic E-state index is -0.681. The van der Waals surface area contributed by atoms with Crippen LogP contribution in [0.2, 0.25) is 0 Å². The van der Waals surface area contributed by atoms with Gasteiger partial charge in [0.05, 0.1) is 10.5 Å². The zero-order valence-electron chi connectivity index (χ0n) is 17.0. The van der Waals surface area contributed by atoms with Gasteiger partial charge in [0.25, 0.3) is 23.1 Å². The van der Waals surface area contributed by atoms with Gasteiger partial charge >= 0.3 is 0 Å². The molecule has 0 saturated carbocycles. The molecule has 2 aromatic rings. The van der Waals surface area contributed by atoms with Crippen LogP contribution in [0, 0.1) is 10.1 Å². The highest BCUT2D eigenvalue weighted by Crippen LogP contribution is 2.16. The number of carbonyl (C=O) groups is 2. The van der Waals surface area contributed by atoms with Gasteiger partial charge in [-0.25, -0.2) is 0 Å². The quantitative estimate of drug-likeness (QED) is 0.591. The number of amides is 2. The Morgan fingerprint density at radius 3 is 2.28 bits per heavy atom. The number of nitrogens with one attached hydrogen (secondary N) is 1. The van der Waals surface area contributed by atoms with Gasteiger partial charge in [-0.2, -0.15) is 0 Å². The maximum atomic E-state index is 12.9. The number of benzene rings is 1. The molecule has 0 bridgehead atoms. The minimum Gasteiger partial charge on any atom is -0.334 e. The summed E-state index contributed by atoms with van der Waals surface area (Å²) >= 11 is 0. The third-order valence-corrected chi connectivity index (χ3v) is 4.34. The average molecular weight is 400 g/mol. The standard InChI is InChI=1S/C20H24N4O5/c1-12(2)23(13(3)4)19(26)15-10-17(20(27)22(5)11-15)21-18(25)14-7-6-8-16(9-14)24(28)29/h6-13H,1-5H3,(H,21,25). The van der Waals surface area contributed by atoms with E-state index in [1.165, 1.54) is 42.1 Å². The van der Waals surface area contributed by atoms with Crippen molar-refractivity contribution >= 4 is 23.2 Å². The van der Waals surface area contributed by atoms with E-state index >= 15 is 0 Å². The molecular formula is C20H24N4O5. The molecule has 1 aromatic carbocycles. The topological polar surface area (TPSA) is 115 Å². The molecule has 2 amide bonds. The van der Waals surface area contributed by atoms with Crippen molar-refractivity contribution in [1.29, 1.82) is 0 Å². The molecule has 2 rings (SSSR count). The van der Waals surface area contributed by atoms with Crippen molar-refractivity contribution in [3.05, 3.63) is 68.1 Å². The molecule has 0 radical (unpaired) electrons. The molecule has 0 atom stereocenters. The van der Waals surface area contributed by atoms with Crippen molar-refractivity contribution in [2.24, 2.45) is 7.05 Å². The zero-order chi connectivity index (χ0) is 21.9. The molecule has 1 N–H and O–H groups in total. The van der Waals surface area contributed by atoms with Gasteiger partial charge in [-0.05, 0) is 39.8 Å². The summed E-state index contributed by atoms with van der Waals surface area (Å²) < 4.78 is 1.22. The summed E-state index contributed by atoms with van der Waals surface area (Å²) in [5.74, 6) is -0.948. The summed E-state index contributed by atoms with van der Waals surface area (Å²) in [6, 6.07) is 6.40. The van der Waals surface area contributed by atoms with Crippen LogP contribution in [0.3, 0.4) is 0 Å². The fraction of sp³-hybridized carbons (Fsp3) is 0.350. The fourth-order valence-corrected chi connectivity index (χ4v) is 3.09. The van der Waals surface area contributed by atoms with E-state index in [2.05, 4.69) is 5.32 Å². The van der Waals surface area contributed by atoms with Crippen molar-refractivity contribution < 1.29 is 14.5 Å². The molecule has 154 valence electrons. The van der Waals surface area contributed by atoms with Gasteiger partial charge in [0.15, 0.2) is 0 Å². The summed E-state index contributed by atoms with van der Waals surface area (Å²) in [5, 5.41) is 13.4. The largest absolute Gasteiger partial charge is 0.334 e. The lowest BCUT2D eigenvalue weighted by Gasteiger charge is -2.31. The van der Waals surface area contributed by atoms with Crippen molar-refractivity contribution in [3.63, 3.8) is 0 Å². The Morgan fingerprint density at radius 1 is 1.10 bits per heavy atom. The first-order chi connectivity index (χ1) is 13.5. The molecule has 0 aliphatic carbocycles. The first-order valence-electron chi connectivity index (χ1n) is 9.12. The van der Waals surface area contributed by atoms with Crippen LogP contribution in [0.15, 0.2) is 41.3 Å². The van der Waals surface area contributed by atoms with Crippen LogP contribution in [0.5, 0.6) is 0 Å². The number of non-ortho nitro benzene ring substituents is 1. The van der Waals surface area contributed by atoms with E-state index in [0.29, 0.717) is 0 Å². The third kappa shape index (κ3) is 4.87. The predicted molar refractivity (Wildman–Crippen MR) is 109 cm³/mol. The van der Waals surface area contributed by atoms with Crippen molar-refractivity contribution in [1.82, 2.24) is 9.47 Å². The van der Waals surface area contributed by atoms with E-state index in [4.69, 9.17) is 0 Å². The van der Waals surface area contributed by atoms with Gasteiger partial charge in [-0.3, -0.25) is 24.5 Å². The van der Waals surface area contributed by atoms with Gasteiger partial charge in [0.1, 0.15) is 5.69 Å². The molecule has 0 saturated heterocycles. The molecule has 0 aliphatic heterocycles. The summed E-state index contributed by atoms with van der Waals surface area (Å²) in [4.78, 5) is 49.9. The number of aryl methyl sites for hydroxylation is 1. The second kappa shape index (κ2) is 8.68. The third-order valence-electron chi connectivity index (χ3n) is 4.34. The van der Waals surface area contributed by atoms with Gasteiger partial charge in [-0.15, -0.1) is 0 Å². The van der Waals surface area contributed by atoms with Gasteiger partial charge in [-0.1, -0.05) is 6.07 Å². The highest BCUT2D eigenvalue weighted by molar-refractivity contribution is 6.05. The van der Waals surface area contributed by atoms with Crippen LogP contribution in [0.25, 0.3) is 0 Å². The Bertz CT molecular complexity index is 1000. The van der Waals surface area contributed by atoms with Crippen LogP contribution in [0.4, 0.5) is 11.4 Å². The number of rotatable bonds is 6. The monoisotopic (exact) mass is 400 g/mol. The van der Waals surface area contributed by atoms with E-state index < -0.39 is 16.4 Å². The van der Waals surface area contributed by atoms with E-state index in [9.17, 15) is 24.5 Å². The van der Waals surface area contributed by atoms with Crippen molar-refractivity contribution in [2.75, 3.05) is 5.32 Å². The first-order valence-corrected chi connectivity index (χ1v) is 9.12. The lowest BCUT2D eigenvalue weighted by Crippen LogP contribution is -2.42. The number of carbonyl (C=O) groups excluding carboxylic acids is 2. The molecular weight excluding hydrogens is 376 g/mol. The zero-order valence-corrected chi connectivity index (χ0v) is 17.0. The summed E-state index contributed by atoms with van der Waals surface area (Å²) in [5.41, 5.74) is -0.532. The molecule has 0 spiro atoms. The summed E-state index contributed by atoms with van der Waals surface area (Å²) in [6.45, 7) is 7.57. The van der Waals surface area contributed by atoms with Crippen LogP contribution < -0.4 is 10.9 Å². The fourth-order valence-electron chi connectivity index (χ4n) is 3.09. The van der Waals surface area contributed by atoms with Gasteiger partial charge in [0.2, 0.25) is 0 Å².